The summed E-state index contributed by atoms with van der Waals surface area (Å²) < 4.78 is 13.9. The lowest BCUT2D eigenvalue weighted by molar-refractivity contribution is 0.0176. The van der Waals surface area contributed by atoms with Gasteiger partial charge in [0.15, 0.2) is 0 Å². The molecule has 29 heavy (non-hydrogen) atoms. The molecule has 4 rings (SSSR count). The molecule has 1 aliphatic rings. The molecule has 0 aliphatic carbocycles. The quantitative estimate of drug-likeness (QED) is 0.525. The summed E-state index contributed by atoms with van der Waals surface area (Å²) in [6.45, 7) is 9.61. The first-order chi connectivity index (χ1) is 14.2. The summed E-state index contributed by atoms with van der Waals surface area (Å²) in [4.78, 5) is 7.47. The van der Waals surface area contributed by atoms with Gasteiger partial charge in [0.2, 0.25) is 0 Å². The Bertz CT molecular complexity index is 931. The van der Waals surface area contributed by atoms with Gasteiger partial charge in [-0.15, -0.1) is 0 Å². The van der Waals surface area contributed by atoms with Crippen LogP contribution in [-0.2, 0) is 11.3 Å². The zero-order valence-electron chi connectivity index (χ0n) is 17.5. The summed E-state index contributed by atoms with van der Waals surface area (Å²) in [6.07, 6.45) is 2.08. The van der Waals surface area contributed by atoms with Crippen molar-refractivity contribution in [2.75, 3.05) is 32.9 Å². The highest BCUT2D eigenvalue weighted by Crippen LogP contribution is 2.26. The molecule has 0 radical (unpaired) electrons. The summed E-state index contributed by atoms with van der Waals surface area (Å²) in [5, 5.41) is 0. The van der Waals surface area contributed by atoms with Crippen LogP contribution >= 0.6 is 0 Å². The molecule has 1 unspecified atom stereocenters. The second kappa shape index (κ2) is 9.42. The molecule has 0 spiro atoms. The Hall–Kier alpha value is -2.37. The maximum Gasteiger partial charge on any atom is 0.127 e. The summed E-state index contributed by atoms with van der Waals surface area (Å²) in [5.41, 5.74) is 3.50. The topological polar surface area (TPSA) is 39.5 Å². The van der Waals surface area contributed by atoms with Crippen LogP contribution in [0.2, 0.25) is 0 Å². The normalized spacial score (nSPS) is 16.2. The number of fused-ring (bicyclic) bond motifs is 1. The maximum atomic E-state index is 5.97. The van der Waals surface area contributed by atoms with Gasteiger partial charge in [-0.1, -0.05) is 30.3 Å². The Labute approximate surface area is 173 Å². The van der Waals surface area contributed by atoms with Gasteiger partial charge in [-0.25, -0.2) is 4.98 Å². The van der Waals surface area contributed by atoms with Crippen molar-refractivity contribution in [1.82, 2.24) is 14.5 Å². The van der Waals surface area contributed by atoms with Crippen molar-refractivity contribution in [2.45, 2.75) is 39.3 Å². The van der Waals surface area contributed by atoms with E-state index in [4.69, 9.17) is 14.5 Å². The van der Waals surface area contributed by atoms with Gasteiger partial charge < -0.3 is 14.0 Å². The third kappa shape index (κ3) is 4.62. The van der Waals surface area contributed by atoms with E-state index < -0.39 is 0 Å². The van der Waals surface area contributed by atoms with Crippen molar-refractivity contribution in [3.63, 3.8) is 0 Å². The number of nitrogens with zero attached hydrogens (tertiary/aromatic N) is 3. The van der Waals surface area contributed by atoms with Gasteiger partial charge in [0.25, 0.3) is 0 Å². The number of aryl methyl sites for hydroxylation is 2. The molecule has 1 aromatic heterocycles. The Morgan fingerprint density at radius 2 is 1.79 bits per heavy atom. The molecule has 5 nitrogen and oxygen atoms in total. The minimum Gasteiger partial charge on any atom is -0.493 e. The van der Waals surface area contributed by atoms with Crippen LogP contribution in [0.4, 0.5) is 0 Å². The van der Waals surface area contributed by atoms with Gasteiger partial charge in [-0.3, -0.25) is 4.90 Å². The van der Waals surface area contributed by atoms with Crippen LogP contribution in [0.5, 0.6) is 5.75 Å². The highest BCUT2D eigenvalue weighted by molar-refractivity contribution is 5.76. The Balaban J connectivity index is 1.42. The molecule has 2 aromatic carbocycles. The van der Waals surface area contributed by atoms with E-state index in [1.54, 1.807) is 0 Å². The monoisotopic (exact) mass is 393 g/mol. The Morgan fingerprint density at radius 1 is 1.03 bits per heavy atom. The fourth-order valence-corrected chi connectivity index (χ4v) is 4.05. The number of hydrogen-bond acceptors (Lipinski definition) is 4. The van der Waals surface area contributed by atoms with Gasteiger partial charge in [0.05, 0.1) is 36.9 Å². The maximum absolute atomic E-state index is 5.97. The number of ether oxygens (including phenoxy) is 2. The van der Waals surface area contributed by atoms with E-state index in [2.05, 4.69) is 53.6 Å². The first-order valence-electron chi connectivity index (χ1n) is 10.7. The SMILES string of the molecule is Cc1ccccc1OCCCCn1c(C(C)N2CCOCC2)nc2ccccc21. The average molecular weight is 394 g/mol. The van der Waals surface area contributed by atoms with Crippen molar-refractivity contribution < 1.29 is 9.47 Å². The number of hydrogen-bond donors (Lipinski definition) is 0. The lowest BCUT2D eigenvalue weighted by Gasteiger charge is -2.32. The lowest BCUT2D eigenvalue weighted by Crippen LogP contribution is -2.39. The number of imidazole rings is 1. The zero-order chi connectivity index (χ0) is 20.1. The molecular formula is C24H31N3O2. The molecule has 0 N–H and O–H groups in total. The molecule has 1 aliphatic heterocycles. The number of benzene rings is 2. The van der Waals surface area contributed by atoms with Gasteiger partial charge >= 0.3 is 0 Å². The summed E-state index contributed by atoms with van der Waals surface area (Å²) in [5.74, 6) is 2.15. The second-order valence-electron chi connectivity index (χ2n) is 7.76. The van der Waals surface area contributed by atoms with Crippen LogP contribution in [-0.4, -0.2) is 47.4 Å². The van der Waals surface area contributed by atoms with Crippen molar-refractivity contribution >= 4 is 11.0 Å². The van der Waals surface area contributed by atoms with Crippen LogP contribution in [0.15, 0.2) is 48.5 Å². The highest BCUT2D eigenvalue weighted by atomic mass is 16.5. The van der Waals surface area contributed by atoms with Gasteiger partial charge in [0.1, 0.15) is 11.6 Å². The molecule has 0 bridgehead atoms. The van der Waals surface area contributed by atoms with E-state index in [1.807, 2.05) is 18.2 Å². The summed E-state index contributed by atoms with van der Waals surface area (Å²) in [7, 11) is 0. The number of para-hydroxylation sites is 3. The van der Waals surface area contributed by atoms with Crippen molar-refractivity contribution in [1.29, 1.82) is 0 Å². The molecule has 5 heteroatoms. The number of morpholine rings is 1. The largest absolute Gasteiger partial charge is 0.493 e. The van der Waals surface area contributed by atoms with Crippen molar-refractivity contribution in [3.05, 3.63) is 59.9 Å². The number of unbranched alkanes of at least 4 members (excludes halogenated alkanes) is 1. The molecule has 0 amide bonds. The van der Waals surface area contributed by atoms with Crippen LogP contribution < -0.4 is 4.74 Å². The molecule has 1 atom stereocenters. The zero-order valence-corrected chi connectivity index (χ0v) is 17.5. The van der Waals surface area contributed by atoms with E-state index in [1.165, 1.54) is 11.1 Å². The third-order valence-corrected chi connectivity index (χ3v) is 5.78. The molecular weight excluding hydrogens is 362 g/mol. The molecule has 3 aromatic rings. The molecule has 1 saturated heterocycles. The van der Waals surface area contributed by atoms with Crippen LogP contribution in [0.1, 0.15) is 37.2 Å². The first kappa shape index (κ1) is 19.9. The fraction of sp³-hybridized carbons (Fsp3) is 0.458. The smallest absolute Gasteiger partial charge is 0.127 e. The van der Waals surface area contributed by atoms with Gasteiger partial charge in [0, 0.05) is 19.6 Å². The van der Waals surface area contributed by atoms with Gasteiger partial charge in [-0.2, -0.15) is 0 Å². The molecule has 1 fully saturated rings. The Kier molecular flexibility index (Phi) is 6.47. The third-order valence-electron chi connectivity index (χ3n) is 5.78. The highest BCUT2D eigenvalue weighted by Gasteiger charge is 2.23. The summed E-state index contributed by atoms with van der Waals surface area (Å²) >= 11 is 0. The van der Waals surface area contributed by atoms with Gasteiger partial charge in [-0.05, 0) is 50.5 Å². The predicted octanol–water partition coefficient (Wildman–Crippen LogP) is 4.60. The number of aromatic nitrogens is 2. The van der Waals surface area contributed by atoms with Crippen molar-refractivity contribution in [2.24, 2.45) is 0 Å². The Morgan fingerprint density at radius 3 is 2.62 bits per heavy atom. The standard InChI is InChI=1S/C24H31N3O2/c1-19-9-3-6-12-23(19)29-16-8-7-13-27-22-11-5-4-10-21(22)25-24(27)20(2)26-14-17-28-18-15-26/h3-6,9-12,20H,7-8,13-18H2,1-2H3. The van der Waals surface area contributed by atoms with E-state index >= 15 is 0 Å². The summed E-state index contributed by atoms with van der Waals surface area (Å²) in [6, 6.07) is 17.0. The van der Waals surface area contributed by atoms with E-state index in [0.29, 0.717) is 0 Å². The average Bonchev–Trinajstić information content (AvgIpc) is 3.13. The predicted molar refractivity (Wildman–Crippen MR) is 116 cm³/mol. The fourth-order valence-electron chi connectivity index (χ4n) is 4.05. The van der Waals surface area contributed by atoms with E-state index in [9.17, 15) is 0 Å². The molecule has 154 valence electrons. The minimum atomic E-state index is 0.287. The lowest BCUT2D eigenvalue weighted by atomic mass is 10.2. The minimum absolute atomic E-state index is 0.287. The second-order valence-corrected chi connectivity index (χ2v) is 7.76. The van der Waals surface area contributed by atoms with Crippen LogP contribution in [0.25, 0.3) is 11.0 Å². The van der Waals surface area contributed by atoms with E-state index in [0.717, 1.165) is 69.4 Å². The number of rotatable bonds is 8. The van der Waals surface area contributed by atoms with Crippen LogP contribution in [0, 0.1) is 6.92 Å². The molecule has 2 heterocycles. The molecule has 0 saturated carbocycles. The van der Waals surface area contributed by atoms with Crippen molar-refractivity contribution in [3.8, 4) is 5.75 Å². The van der Waals surface area contributed by atoms with E-state index in [-0.39, 0.29) is 6.04 Å². The first-order valence-corrected chi connectivity index (χ1v) is 10.7. The van der Waals surface area contributed by atoms with Crippen LogP contribution in [0.3, 0.4) is 0 Å².